The van der Waals surface area contributed by atoms with Crippen molar-refractivity contribution < 1.29 is 19.1 Å². The van der Waals surface area contributed by atoms with Gasteiger partial charge in [-0.3, -0.25) is 14.5 Å². The lowest BCUT2D eigenvalue weighted by Crippen LogP contribution is -2.59. The quantitative estimate of drug-likeness (QED) is 0.610. The van der Waals surface area contributed by atoms with E-state index in [1.54, 1.807) is 9.80 Å². The highest BCUT2D eigenvalue weighted by molar-refractivity contribution is 7.15. The SMILES string of the molecule is CC(C)(C)OC(=O)N(C1CCc2nc(N)sc2C1)[C@H](Cc1ccccc1)C(=O)N1CCC[C@H]1C(N)=O. The number of hydrogen-bond acceptors (Lipinski definition) is 7. The van der Waals surface area contributed by atoms with Gasteiger partial charge in [-0.05, 0) is 52.0 Å². The molecule has 3 atom stereocenters. The second-order valence-corrected chi connectivity index (χ2v) is 11.6. The first kappa shape index (κ1) is 25.9. The van der Waals surface area contributed by atoms with E-state index >= 15 is 0 Å². The van der Waals surface area contributed by atoms with E-state index in [1.807, 2.05) is 51.1 Å². The highest BCUT2D eigenvalue weighted by atomic mass is 32.1. The molecule has 2 aromatic rings. The molecule has 1 saturated heterocycles. The van der Waals surface area contributed by atoms with Gasteiger partial charge in [0, 0.05) is 30.3 Å². The maximum absolute atomic E-state index is 14.1. The second kappa shape index (κ2) is 10.5. The third-order valence-corrected chi connectivity index (χ3v) is 7.63. The molecule has 0 bridgehead atoms. The number of carbonyl (C=O) groups is 3. The Labute approximate surface area is 215 Å². The van der Waals surface area contributed by atoms with Gasteiger partial charge in [0.25, 0.3) is 0 Å². The molecule has 1 aliphatic heterocycles. The average molecular weight is 514 g/mol. The van der Waals surface area contributed by atoms with Gasteiger partial charge in [-0.15, -0.1) is 11.3 Å². The van der Waals surface area contributed by atoms with E-state index in [0.717, 1.165) is 16.1 Å². The summed E-state index contributed by atoms with van der Waals surface area (Å²) in [7, 11) is 0. The molecule has 3 amide bonds. The van der Waals surface area contributed by atoms with Crippen LogP contribution in [-0.2, 0) is 33.6 Å². The van der Waals surface area contributed by atoms with Crippen LogP contribution in [0.25, 0.3) is 0 Å². The summed E-state index contributed by atoms with van der Waals surface area (Å²) in [5.74, 6) is -0.800. The molecule has 1 fully saturated rings. The first-order valence-electron chi connectivity index (χ1n) is 12.4. The number of thiazole rings is 1. The lowest BCUT2D eigenvalue weighted by Gasteiger charge is -2.41. The molecule has 9 nitrogen and oxygen atoms in total. The molecule has 1 unspecified atom stereocenters. The Morgan fingerprint density at radius 1 is 1.22 bits per heavy atom. The number of ether oxygens (including phenoxy) is 1. The number of benzene rings is 1. The third kappa shape index (κ3) is 5.80. The number of fused-ring (bicyclic) bond motifs is 1. The van der Waals surface area contributed by atoms with Crippen molar-refractivity contribution in [3.8, 4) is 0 Å². The van der Waals surface area contributed by atoms with Crippen molar-refractivity contribution in [2.45, 2.75) is 83.0 Å². The number of likely N-dealkylation sites (tertiary alicyclic amines) is 1. The number of amides is 3. The summed E-state index contributed by atoms with van der Waals surface area (Å²) < 4.78 is 5.84. The molecule has 36 heavy (non-hydrogen) atoms. The number of nitrogen functional groups attached to an aromatic ring is 1. The average Bonchev–Trinajstić information content (AvgIpc) is 3.43. The largest absolute Gasteiger partial charge is 0.444 e. The number of aromatic nitrogens is 1. The summed E-state index contributed by atoms with van der Waals surface area (Å²) in [6.07, 6.45) is 2.81. The van der Waals surface area contributed by atoms with Crippen LogP contribution >= 0.6 is 11.3 Å². The standard InChI is InChI=1S/C26H35N5O4S/c1-26(2,3)35-25(34)31(17-11-12-18-21(15-17)36-24(28)29-18)20(14-16-8-5-4-6-9-16)23(33)30-13-7-10-19(30)22(27)32/h4-6,8-9,17,19-20H,7,10-15H2,1-3H3,(H2,27,32)(H2,28,29)/t17?,19-,20+/m0/s1. The van der Waals surface area contributed by atoms with Gasteiger partial charge in [0.2, 0.25) is 11.8 Å². The van der Waals surface area contributed by atoms with Crippen LogP contribution in [-0.4, -0.2) is 63.0 Å². The van der Waals surface area contributed by atoms with Gasteiger partial charge in [0.1, 0.15) is 17.7 Å². The Kier molecular flexibility index (Phi) is 7.54. The highest BCUT2D eigenvalue weighted by Crippen LogP contribution is 2.33. The summed E-state index contributed by atoms with van der Waals surface area (Å²) >= 11 is 1.42. The second-order valence-electron chi connectivity index (χ2n) is 10.5. The molecule has 0 radical (unpaired) electrons. The van der Waals surface area contributed by atoms with Crippen LogP contribution in [0.1, 0.15) is 56.2 Å². The summed E-state index contributed by atoms with van der Waals surface area (Å²) in [6, 6.07) is 7.80. The van der Waals surface area contributed by atoms with Crippen LogP contribution in [0.3, 0.4) is 0 Å². The van der Waals surface area contributed by atoms with E-state index in [0.29, 0.717) is 50.2 Å². The van der Waals surface area contributed by atoms with Crippen molar-refractivity contribution in [2.75, 3.05) is 12.3 Å². The van der Waals surface area contributed by atoms with E-state index < -0.39 is 29.7 Å². The monoisotopic (exact) mass is 513 g/mol. The van der Waals surface area contributed by atoms with E-state index in [4.69, 9.17) is 16.2 Å². The molecule has 194 valence electrons. The third-order valence-electron chi connectivity index (χ3n) is 6.68. The predicted molar refractivity (Wildman–Crippen MR) is 138 cm³/mol. The maximum Gasteiger partial charge on any atom is 0.411 e. The molecule has 4 N–H and O–H groups in total. The van der Waals surface area contributed by atoms with Crippen molar-refractivity contribution in [3.63, 3.8) is 0 Å². The Hall–Kier alpha value is -3.14. The minimum absolute atomic E-state index is 0.277. The Morgan fingerprint density at radius 3 is 2.61 bits per heavy atom. The first-order chi connectivity index (χ1) is 17.0. The van der Waals surface area contributed by atoms with Crippen LogP contribution < -0.4 is 11.5 Å². The van der Waals surface area contributed by atoms with Gasteiger partial charge in [0.05, 0.1) is 5.69 Å². The van der Waals surface area contributed by atoms with E-state index in [9.17, 15) is 14.4 Å². The topological polar surface area (TPSA) is 132 Å². The van der Waals surface area contributed by atoms with Crippen molar-refractivity contribution in [1.82, 2.24) is 14.8 Å². The number of aryl methyl sites for hydroxylation is 1. The lowest BCUT2D eigenvalue weighted by atomic mass is 9.93. The van der Waals surface area contributed by atoms with Gasteiger partial charge < -0.3 is 21.1 Å². The van der Waals surface area contributed by atoms with Crippen LogP contribution in [0, 0.1) is 0 Å². The first-order valence-corrected chi connectivity index (χ1v) is 13.2. The van der Waals surface area contributed by atoms with E-state index in [-0.39, 0.29) is 11.9 Å². The number of carbonyl (C=O) groups excluding carboxylic acids is 3. The van der Waals surface area contributed by atoms with Gasteiger partial charge in [-0.2, -0.15) is 0 Å². The molecule has 1 aromatic heterocycles. The molecule has 2 heterocycles. The number of primary amides is 1. The minimum atomic E-state index is -0.848. The maximum atomic E-state index is 14.1. The molecule has 4 rings (SSSR count). The predicted octanol–water partition coefficient (Wildman–Crippen LogP) is 2.91. The fourth-order valence-corrected chi connectivity index (χ4v) is 6.07. The van der Waals surface area contributed by atoms with Crippen LogP contribution in [0.2, 0.25) is 0 Å². The normalized spacial score (nSPS) is 20.5. The fourth-order valence-electron chi connectivity index (χ4n) is 5.12. The zero-order chi connectivity index (χ0) is 26.0. The van der Waals surface area contributed by atoms with Crippen molar-refractivity contribution in [2.24, 2.45) is 5.73 Å². The zero-order valence-electron chi connectivity index (χ0n) is 21.1. The summed E-state index contributed by atoms with van der Waals surface area (Å²) in [6.45, 7) is 5.86. The van der Waals surface area contributed by atoms with Crippen LogP contribution in [0.5, 0.6) is 0 Å². The molecular weight excluding hydrogens is 478 g/mol. The highest BCUT2D eigenvalue weighted by Gasteiger charge is 2.44. The molecule has 10 heteroatoms. The Morgan fingerprint density at radius 2 is 1.94 bits per heavy atom. The van der Waals surface area contributed by atoms with Crippen molar-refractivity contribution >= 4 is 34.4 Å². The number of hydrogen-bond donors (Lipinski definition) is 2. The van der Waals surface area contributed by atoms with Crippen molar-refractivity contribution in [3.05, 3.63) is 46.5 Å². The molecule has 1 aromatic carbocycles. The smallest absolute Gasteiger partial charge is 0.411 e. The molecule has 0 spiro atoms. The minimum Gasteiger partial charge on any atom is -0.444 e. The number of nitrogens with two attached hydrogens (primary N) is 2. The van der Waals surface area contributed by atoms with Gasteiger partial charge in [0.15, 0.2) is 5.13 Å². The summed E-state index contributed by atoms with van der Waals surface area (Å²) in [4.78, 5) is 48.6. The lowest BCUT2D eigenvalue weighted by molar-refractivity contribution is -0.142. The molecular formula is C26H35N5O4S. The fraction of sp³-hybridized carbons (Fsp3) is 0.538. The van der Waals surface area contributed by atoms with Crippen LogP contribution in [0.4, 0.5) is 9.93 Å². The Balaban J connectivity index is 1.74. The van der Waals surface area contributed by atoms with Gasteiger partial charge >= 0.3 is 6.09 Å². The van der Waals surface area contributed by atoms with Crippen LogP contribution in [0.15, 0.2) is 30.3 Å². The molecule has 0 saturated carbocycles. The number of nitrogens with zero attached hydrogens (tertiary/aromatic N) is 3. The van der Waals surface area contributed by atoms with Gasteiger partial charge in [-0.1, -0.05) is 30.3 Å². The zero-order valence-corrected chi connectivity index (χ0v) is 21.9. The van der Waals surface area contributed by atoms with Gasteiger partial charge in [-0.25, -0.2) is 9.78 Å². The molecule has 1 aliphatic carbocycles. The van der Waals surface area contributed by atoms with Crippen molar-refractivity contribution in [1.29, 1.82) is 0 Å². The summed E-state index contributed by atoms with van der Waals surface area (Å²) in [5.41, 5.74) is 12.7. The van der Waals surface area contributed by atoms with E-state index in [2.05, 4.69) is 4.98 Å². The number of anilines is 1. The summed E-state index contributed by atoms with van der Waals surface area (Å²) in [5, 5.41) is 0.503. The van der Waals surface area contributed by atoms with E-state index in [1.165, 1.54) is 11.3 Å². The molecule has 2 aliphatic rings. The number of rotatable bonds is 6. The Bertz CT molecular complexity index is 1110.